The smallest absolute Gasteiger partial charge is 0.350 e. The molecule has 0 spiro atoms. The van der Waals surface area contributed by atoms with Crippen molar-refractivity contribution in [2.75, 3.05) is 11.9 Å². The number of Topliss-reactive ketones (excluding diaryl/α,β-unsaturated/α-hetero) is 1. The van der Waals surface area contributed by atoms with Crippen LogP contribution < -0.4 is 5.32 Å². The monoisotopic (exact) mass is 307 g/mol. The van der Waals surface area contributed by atoms with E-state index in [1.165, 1.54) is 6.92 Å². The molecule has 0 radical (unpaired) electrons. The third kappa shape index (κ3) is 4.07. The van der Waals surface area contributed by atoms with E-state index in [2.05, 4.69) is 15.9 Å². The Morgan fingerprint density at radius 1 is 1.38 bits per heavy atom. The van der Waals surface area contributed by atoms with Gasteiger partial charge in [-0.1, -0.05) is 22.9 Å². The van der Waals surface area contributed by atoms with Crippen LogP contribution in [0.5, 0.6) is 0 Å². The Hall–Kier alpha value is -0.660. The molecule has 1 amide bonds. The van der Waals surface area contributed by atoms with Crippen molar-refractivity contribution >= 4 is 27.6 Å². The van der Waals surface area contributed by atoms with E-state index in [0.29, 0.717) is 0 Å². The normalized spacial score (nSPS) is 13.7. The van der Waals surface area contributed by atoms with Gasteiger partial charge in [0.15, 0.2) is 0 Å². The van der Waals surface area contributed by atoms with Crippen molar-refractivity contribution in [2.24, 2.45) is 5.92 Å². The number of alkyl halides is 5. The zero-order chi connectivity index (χ0) is 12.9. The van der Waals surface area contributed by atoms with E-state index in [9.17, 15) is 27.2 Å². The van der Waals surface area contributed by atoms with Gasteiger partial charge in [0.05, 0.1) is 5.33 Å². The molecule has 1 unspecified atom stereocenters. The largest absolute Gasteiger partial charge is 0.383 e. The molecule has 94 valence electrons. The number of carbonyl (C=O) groups excluding carboxylic acids is 2. The van der Waals surface area contributed by atoms with Crippen LogP contribution >= 0.6 is 15.9 Å². The number of ketones is 1. The Kier molecular flexibility index (Phi) is 5.91. The number of hydrogen-bond donors (Lipinski definition) is 1. The van der Waals surface area contributed by atoms with Gasteiger partial charge in [-0.2, -0.15) is 8.78 Å². The highest BCUT2D eigenvalue weighted by atomic mass is 79.9. The van der Waals surface area contributed by atoms with Crippen molar-refractivity contribution in [1.29, 1.82) is 0 Å². The maximum absolute atomic E-state index is 12.4. The van der Waals surface area contributed by atoms with Crippen LogP contribution in [0.3, 0.4) is 0 Å². The maximum atomic E-state index is 12.4. The maximum Gasteiger partial charge on any atom is 0.383 e. The van der Waals surface area contributed by atoms with Crippen LogP contribution in [0.1, 0.15) is 6.92 Å². The summed E-state index contributed by atoms with van der Waals surface area (Å²) < 4.78 is 48.3. The first-order chi connectivity index (χ1) is 7.23. The molecule has 1 N–H and O–H groups in total. The molecule has 0 saturated carbocycles. The van der Waals surface area contributed by atoms with E-state index >= 15 is 0 Å². The summed E-state index contributed by atoms with van der Waals surface area (Å²) in [5.41, 5.74) is 0. The quantitative estimate of drug-likeness (QED) is 0.598. The second-order valence-corrected chi connectivity index (χ2v) is 3.70. The van der Waals surface area contributed by atoms with Crippen LogP contribution in [0.15, 0.2) is 0 Å². The Morgan fingerprint density at radius 2 is 1.88 bits per heavy atom. The minimum Gasteiger partial charge on any atom is -0.350 e. The fraction of sp³-hybridized carbons (Fsp3) is 0.750. The van der Waals surface area contributed by atoms with E-state index in [-0.39, 0.29) is 11.1 Å². The summed E-state index contributed by atoms with van der Waals surface area (Å²) in [6.07, 6.45) is -4.06. The summed E-state index contributed by atoms with van der Waals surface area (Å²) in [6.45, 7) is 0.996. The average molecular weight is 308 g/mol. The van der Waals surface area contributed by atoms with Gasteiger partial charge in [-0.25, -0.2) is 8.78 Å². The average Bonchev–Trinajstić information content (AvgIpc) is 2.23. The van der Waals surface area contributed by atoms with E-state index in [0.717, 1.165) is 0 Å². The summed E-state index contributed by atoms with van der Waals surface area (Å²) in [6, 6.07) is 0. The fourth-order valence-corrected chi connectivity index (χ4v) is 1.26. The number of halogens is 5. The molecule has 0 aromatic carbocycles. The zero-order valence-corrected chi connectivity index (χ0v) is 9.86. The highest BCUT2D eigenvalue weighted by Crippen LogP contribution is 2.22. The zero-order valence-electron chi connectivity index (χ0n) is 8.28. The Labute approximate surface area is 97.7 Å². The van der Waals surface area contributed by atoms with Crippen LogP contribution in [0, 0.1) is 5.92 Å². The third-order valence-corrected chi connectivity index (χ3v) is 2.38. The summed E-state index contributed by atoms with van der Waals surface area (Å²) in [7, 11) is 0. The first-order valence-electron chi connectivity index (χ1n) is 4.26. The van der Waals surface area contributed by atoms with Gasteiger partial charge in [0, 0.05) is 12.5 Å². The highest BCUT2D eigenvalue weighted by molar-refractivity contribution is 9.09. The first-order valence-corrected chi connectivity index (χ1v) is 5.38. The van der Waals surface area contributed by atoms with Gasteiger partial charge in [-0.05, 0) is 0 Å². The SMILES string of the molecule is CC(CNC(=O)C(F)(F)C(F)F)C(=O)CBr. The molecular formula is C8H10BrF4NO2. The topological polar surface area (TPSA) is 46.2 Å². The molecule has 0 aromatic rings. The molecule has 8 heteroatoms. The molecule has 3 nitrogen and oxygen atoms in total. The summed E-state index contributed by atoms with van der Waals surface area (Å²) in [5, 5.41) is 1.62. The molecule has 0 aliphatic rings. The van der Waals surface area contributed by atoms with E-state index in [1.807, 2.05) is 0 Å². The molecule has 0 heterocycles. The third-order valence-electron chi connectivity index (χ3n) is 1.83. The summed E-state index contributed by atoms with van der Waals surface area (Å²) in [4.78, 5) is 21.6. The second-order valence-electron chi connectivity index (χ2n) is 3.13. The van der Waals surface area contributed by atoms with Gasteiger partial charge in [-0.15, -0.1) is 0 Å². The Bertz CT molecular complexity index is 273. The first kappa shape index (κ1) is 15.3. The molecule has 0 aliphatic heterocycles. The number of hydrogen-bond acceptors (Lipinski definition) is 2. The van der Waals surface area contributed by atoms with Gasteiger partial charge in [0.2, 0.25) is 0 Å². The van der Waals surface area contributed by atoms with Gasteiger partial charge in [0.25, 0.3) is 5.91 Å². The van der Waals surface area contributed by atoms with Crippen molar-refractivity contribution in [3.05, 3.63) is 0 Å². The van der Waals surface area contributed by atoms with Crippen LogP contribution in [0.4, 0.5) is 17.6 Å². The van der Waals surface area contributed by atoms with Crippen LogP contribution in [0.25, 0.3) is 0 Å². The van der Waals surface area contributed by atoms with Gasteiger partial charge in [-0.3, -0.25) is 9.59 Å². The molecular weight excluding hydrogens is 298 g/mol. The van der Waals surface area contributed by atoms with Crippen molar-refractivity contribution in [1.82, 2.24) is 5.32 Å². The van der Waals surface area contributed by atoms with Crippen molar-refractivity contribution < 1.29 is 27.2 Å². The number of nitrogens with one attached hydrogen (secondary N) is 1. The molecule has 1 atom stereocenters. The predicted molar refractivity (Wildman–Crippen MR) is 51.9 cm³/mol. The molecule has 0 aromatic heterocycles. The minimum absolute atomic E-state index is 0.00920. The van der Waals surface area contributed by atoms with Gasteiger partial charge < -0.3 is 5.32 Å². The lowest BCUT2D eigenvalue weighted by Gasteiger charge is -2.16. The molecule has 16 heavy (non-hydrogen) atoms. The lowest BCUT2D eigenvalue weighted by molar-refractivity contribution is -0.169. The number of carbonyl (C=O) groups is 2. The van der Waals surface area contributed by atoms with E-state index < -0.39 is 30.7 Å². The molecule has 0 bridgehead atoms. The van der Waals surface area contributed by atoms with E-state index in [4.69, 9.17) is 0 Å². The highest BCUT2D eigenvalue weighted by Gasteiger charge is 2.48. The standard InChI is InChI=1S/C8H10BrF4NO2/c1-4(5(15)2-9)3-14-7(16)8(12,13)6(10)11/h4,6H,2-3H2,1H3,(H,14,16). The Balaban J connectivity index is 4.23. The molecule has 0 saturated heterocycles. The second kappa shape index (κ2) is 6.17. The summed E-state index contributed by atoms with van der Waals surface area (Å²) >= 11 is 2.85. The molecule has 0 rings (SSSR count). The van der Waals surface area contributed by atoms with Gasteiger partial charge in [0.1, 0.15) is 5.78 Å². The van der Waals surface area contributed by atoms with Crippen molar-refractivity contribution in [2.45, 2.75) is 19.3 Å². The lowest BCUT2D eigenvalue weighted by Crippen LogP contribution is -2.47. The van der Waals surface area contributed by atoms with Crippen molar-refractivity contribution in [3.8, 4) is 0 Å². The predicted octanol–water partition coefficient (Wildman–Crippen LogP) is 1.60. The molecule has 0 fully saturated rings. The van der Waals surface area contributed by atoms with Crippen LogP contribution in [-0.2, 0) is 9.59 Å². The van der Waals surface area contributed by atoms with Crippen molar-refractivity contribution in [3.63, 3.8) is 0 Å². The Morgan fingerprint density at radius 3 is 2.25 bits per heavy atom. The van der Waals surface area contributed by atoms with E-state index in [1.54, 1.807) is 5.32 Å². The number of rotatable bonds is 6. The number of amides is 1. The molecule has 0 aliphatic carbocycles. The lowest BCUT2D eigenvalue weighted by atomic mass is 10.1. The summed E-state index contributed by atoms with van der Waals surface area (Å²) in [5.74, 6) is -7.83. The minimum atomic E-state index is -4.73. The van der Waals surface area contributed by atoms with Crippen LogP contribution in [-0.4, -0.2) is 35.9 Å². The van der Waals surface area contributed by atoms with Crippen LogP contribution in [0.2, 0.25) is 0 Å². The fourth-order valence-electron chi connectivity index (χ4n) is 0.708. The van der Waals surface area contributed by atoms with Gasteiger partial charge >= 0.3 is 12.3 Å².